The lowest BCUT2D eigenvalue weighted by Gasteiger charge is -2.41. The van der Waals surface area contributed by atoms with E-state index in [1.807, 2.05) is 64.3 Å². The second-order valence-electron chi connectivity index (χ2n) is 10.3. The van der Waals surface area contributed by atoms with Crippen LogP contribution >= 0.6 is 11.9 Å². The van der Waals surface area contributed by atoms with E-state index in [0.717, 1.165) is 28.9 Å². The molecule has 0 aliphatic carbocycles. The molecule has 0 radical (unpaired) electrons. The molecule has 1 heterocycles. The molecule has 0 bridgehead atoms. The Hall–Kier alpha value is -2.67. The van der Waals surface area contributed by atoms with Crippen molar-refractivity contribution in [3.05, 3.63) is 59.2 Å². The highest BCUT2D eigenvalue weighted by Gasteiger charge is 2.36. The third-order valence-corrected chi connectivity index (χ3v) is 6.34. The monoisotopic (exact) mass is 468 g/mol. The molecule has 1 unspecified atom stereocenters. The molecule has 1 aliphatic rings. The van der Waals surface area contributed by atoms with Gasteiger partial charge in [-0.05, 0) is 81.0 Å². The van der Waals surface area contributed by atoms with Crippen molar-refractivity contribution in [2.24, 2.45) is 5.41 Å². The Morgan fingerprint density at radius 1 is 1.15 bits per heavy atom. The van der Waals surface area contributed by atoms with Crippen molar-refractivity contribution in [3.63, 3.8) is 0 Å². The van der Waals surface area contributed by atoms with Gasteiger partial charge in [-0.2, -0.15) is 0 Å². The maximum Gasteiger partial charge on any atom is 0.261 e. The van der Waals surface area contributed by atoms with Gasteiger partial charge in [0.2, 0.25) is 5.91 Å². The van der Waals surface area contributed by atoms with E-state index >= 15 is 0 Å². The molecule has 4 N–H and O–H groups in total. The third kappa shape index (κ3) is 5.82. The maximum atomic E-state index is 12.6. The minimum atomic E-state index is -0.737. The van der Waals surface area contributed by atoms with Crippen molar-refractivity contribution in [1.82, 2.24) is 10.0 Å². The molecule has 33 heavy (non-hydrogen) atoms. The number of rotatable bonds is 7. The van der Waals surface area contributed by atoms with Gasteiger partial charge in [-0.1, -0.05) is 37.9 Å². The van der Waals surface area contributed by atoms with Crippen molar-refractivity contribution >= 4 is 35.1 Å². The Morgan fingerprint density at radius 3 is 2.55 bits per heavy atom. The van der Waals surface area contributed by atoms with Gasteiger partial charge in [0.1, 0.15) is 5.54 Å². The van der Waals surface area contributed by atoms with E-state index in [1.165, 1.54) is 11.9 Å². The maximum absolute atomic E-state index is 12.6. The van der Waals surface area contributed by atoms with E-state index in [2.05, 4.69) is 46.7 Å². The largest absolute Gasteiger partial charge is 0.377 e. The lowest BCUT2D eigenvalue weighted by Crippen LogP contribution is -2.50. The van der Waals surface area contributed by atoms with Crippen LogP contribution in [0.5, 0.6) is 0 Å². The molecule has 2 aromatic rings. The number of hydrogen-bond acceptors (Lipinski definition) is 5. The Bertz CT molecular complexity index is 1030. The molecule has 0 fully saturated rings. The molecule has 0 saturated heterocycles. The lowest BCUT2D eigenvalue weighted by atomic mass is 9.72. The van der Waals surface area contributed by atoms with Crippen molar-refractivity contribution in [1.29, 1.82) is 0 Å². The highest BCUT2D eigenvalue weighted by atomic mass is 32.2. The van der Waals surface area contributed by atoms with E-state index in [0.29, 0.717) is 5.56 Å². The van der Waals surface area contributed by atoms with Crippen LogP contribution in [0.15, 0.2) is 42.5 Å². The van der Waals surface area contributed by atoms with Gasteiger partial charge in [-0.15, -0.1) is 0 Å². The predicted octanol–water partition coefficient (Wildman–Crippen LogP) is 5.15. The smallest absolute Gasteiger partial charge is 0.261 e. The van der Waals surface area contributed by atoms with Gasteiger partial charge >= 0.3 is 0 Å². The third-order valence-electron chi connectivity index (χ3n) is 5.95. The van der Waals surface area contributed by atoms with Crippen LogP contribution in [0.2, 0.25) is 0 Å². The summed E-state index contributed by atoms with van der Waals surface area (Å²) in [4.78, 5) is 24.9. The summed E-state index contributed by atoms with van der Waals surface area (Å²) in [5.41, 5.74) is 4.11. The van der Waals surface area contributed by atoms with Crippen molar-refractivity contribution in [2.75, 3.05) is 16.9 Å². The molecule has 0 aromatic heterocycles. The van der Waals surface area contributed by atoms with Gasteiger partial charge < -0.3 is 16.0 Å². The van der Waals surface area contributed by atoms with E-state index in [1.54, 1.807) is 0 Å². The summed E-state index contributed by atoms with van der Waals surface area (Å²) in [7, 11) is 0. The number of carbonyl (C=O) groups is 2. The molecule has 6 nitrogen and oxygen atoms in total. The average Bonchev–Trinajstić information content (AvgIpc) is 2.71. The van der Waals surface area contributed by atoms with E-state index < -0.39 is 5.54 Å². The van der Waals surface area contributed by atoms with Crippen LogP contribution in [-0.4, -0.2) is 29.7 Å². The zero-order chi connectivity index (χ0) is 24.4. The number of carbonyl (C=O) groups excluding carboxylic acids is 2. The molecule has 0 spiro atoms. The summed E-state index contributed by atoms with van der Waals surface area (Å²) < 4.78 is 2.79. The lowest BCUT2D eigenvalue weighted by molar-refractivity contribution is -0.125. The van der Waals surface area contributed by atoms with Gasteiger partial charge in [-0.25, -0.2) is 0 Å². The molecule has 3 rings (SSSR count). The van der Waals surface area contributed by atoms with Gasteiger partial charge in [-0.3, -0.25) is 14.3 Å². The van der Waals surface area contributed by atoms with Gasteiger partial charge in [0, 0.05) is 29.2 Å². The standard InChI is InChI=1S/C26H36N4O2S/c1-16(2)27-24(32)26(5,6)29-20-10-8-9-17(14-20)22-25(3,4)15-19-13-18(23(31)30-33-7)11-12-21(19)28-22/h8-14,16,22,28-29H,15H2,1-7H3,(H,27,32)(H,30,31). The number of amides is 2. The second kappa shape index (κ2) is 9.67. The second-order valence-corrected chi connectivity index (χ2v) is 10.9. The summed E-state index contributed by atoms with van der Waals surface area (Å²) in [6.07, 6.45) is 2.69. The first-order valence-corrected chi connectivity index (χ1v) is 12.6. The summed E-state index contributed by atoms with van der Waals surface area (Å²) in [5.74, 6) is -0.109. The minimum Gasteiger partial charge on any atom is -0.377 e. The van der Waals surface area contributed by atoms with E-state index in [-0.39, 0.29) is 29.3 Å². The summed E-state index contributed by atoms with van der Waals surface area (Å²) in [5, 5.41) is 10.1. The van der Waals surface area contributed by atoms with Crippen molar-refractivity contribution in [2.45, 2.75) is 65.6 Å². The Kier molecular flexibility index (Phi) is 7.32. The SMILES string of the molecule is CSNC(=O)c1ccc2c(c1)CC(C)(C)C(c1cccc(NC(C)(C)C(=O)NC(C)C)c1)N2. The number of benzene rings is 2. The zero-order valence-corrected chi connectivity index (χ0v) is 21.4. The van der Waals surface area contributed by atoms with E-state index in [4.69, 9.17) is 0 Å². The fraction of sp³-hybridized carbons (Fsp3) is 0.462. The molecule has 1 aliphatic heterocycles. The molecular formula is C26H36N4O2S. The van der Waals surface area contributed by atoms with Gasteiger partial charge in [0.15, 0.2) is 0 Å². The molecule has 7 heteroatoms. The number of nitrogens with one attached hydrogen (secondary N) is 4. The topological polar surface area (TPSA) is 82.3 Å². The Labute approximate surface area is 201 Å². The fourth-order valence-electron chi connectivity index (χ4n) is 4.31. The average molecular weight is 469 g/mol. The molecular weight excluding hydrogens is 432 g/mol. The first-order valence-electron chi connectivity index (χ1n) is 11.3. The number of fused-ring (bicyclic) bond motifs is 1. The summed E-state index contributed by atoms with van der Waals surface area (Å²) >= 11 is 1.30. The van der Waals surface area contributed by atoms with Crippen LogP contribution in [0.3, 0.4) is 0 Å². The molecule has 2 aromatic carbocycles. The summed E-state index contributed by atoms with van der Waals surface area (Å²) in [6, 6.07) is 14.3. The van der Waals surface area contributed by atoms with E-state index in [9.17, 15) is 9.59 Å². The molecule has 178 valence electrons. The first-order chi connectivity index (χ1) is 15.4. The van der Waals surface area contributed by atoms with Crippen LogP contribution in [0.1, 0.15) is 69.1 Å². The fourth-order valence-corrected chi connectivity index (χ4v) is 4.61. The van der Waals surface area contributed by atoms with Crippen LogP contribution < -0.4 is 20.7 Å². The molecule has 2 amide bonds. The predicted molar refractivity (Wildman–Crippen MR) is 139 cm³/mol. The number of hydrogen-bond donors (Lipinski definition) is 4. The van der Waals surface area contributed by atoms with Crippen LogP contribution in [-0.2, 0) is 11.2 Å². The first kappa shape index (κ1) is 25.0. The highest BCUT2D eigenvalue weighted by Crippen LogP contribution is 2.45. The Morgan fingerprint density at radius 2 is 1.88 bits per heavy atom. The van der Waals surface area contributed by atoms with Gasteiger partial charge in [0.25, 0.3) is 5.91 Å². The van der Waals surface area contributed by atoms with Crippen LogP contribution in [0.4, 0.5) is 11.4 Å². The quantitative estimate of drug-likeness (QED) is 0.423. The van der Waals surface area contributed by atoms with Crippen LogP contribution in [0, 0.1) is 5.41 Å². The van der Waals surface area contributed by atoms with Crippen LogP contribution in [0.25, 0.3) is 0 Å². The minimum absolute atomic E-state index is 0.0331. The Balaban J connectivity index is 1.84. The molecule has 1 atom stereocenters. The van der Waals surface area contributed by atoms with Crippen molar-refractivity contribution in [3.8, 4) is 0 Å². The zero-order valence-electron chi connectivity index (χ0n) is 20.6. The molecule has 0 saturated carbocycles. The van der Waals surface area contributed by atoms with Gasteiger partial charge in [0.05, 0.1) is 6.04 Å². The normalized spacial score (nSPS) is 17.0. The number of anilines is 2. The van der Waals surface area contributed by atoms with Crippen molar-refractivity contribution < 1.29 is 9.59 Å². The summed E-state index contributed by atoms with van der Waals surface area (Å²) in [6.45, 7) is 12.2. The highest BCUT2D eigenvalue weighted by molar-refractivity contribution is 7.97.